The van der Waals surface area contributed by atoms with Crippen LogP contribution in [0.3, 0.4) is 0 Å². The number of rotatable bonds is 3. The molecule has 0 radical (unpaired) electrons. The first-order valence-corrected chi connectivity index (χ1v) is 7.73. The maximum Gasteiger partial charge on any atom is 0.320 e. The lowest BCUT2D eigenvalue weighted by Crippen LogP contribution is -2.50. The number of hydrogen-bond acceptors (Lipinski definition) is 3. The molecule has 0 atom stereocenters. The summed E-state index contributed by atoms with van der Waals surface area (Å²) < 4.78 is 5.02. The molecule has 1 saturated heterocycles. The maximum absolute atomic E-state index is 11.5. The van der Waals surface area contributed by atoms with Crippen LogP contribution in [0, 0.1) is 16.7 Å². The van der Waals surface area contributed by atoms with E-state index in [1.165, 1.54) is 25.7 Å². The van der Waals surface area contributed by atoms with Crippen molar-refractivity contribution >= 4 is 5.97 Å². The Balaban J connectivity index is 1.74. The molecule has 1 aliphatic heterocycles. The van der Waals surface area contributed by atoms with Gasteiger partial charge in [-0.05, 0) is 62.4 Å². The minimum absolute atomic E-state index is 0.0698. The summed E-state index contributed by atoms with van der Waals surface area (Å²) in [7, 11) is 0. The SMILES string of the molecule is CCOC(=O)CN1CCC2(CC1)CC(C(C)(C)C)C2. The lowest BCUT2D eigenvalue weighted by molar-refractivity contribution is -0.145. The van der Waals surface area contributed by atoms with Gasteiger partial charge in [-0.3, -0.25) is 9.69 Å². The van der Waals surface area contributed by atoms with Gasteiger partial charge in [0.25, 0.3) is 0 Å². The third-order valence-electron chi connectivity index (χ3n) is 5.16. The van der Waals surface area contributed by atoms with E-state index in [0.29, 0.717) is 24.0 Å². The molecule has 0 N–H and O–H groups in total. The molecule has 1 heterocycles. The lowest BCUT2D eigenvalue weighted by atomic mass is 9.52. The van der Waals surface area contributed by atoms with E-state index in [4.69, 9.17) is 4.74 Å². The number of hydrogen-bond donors (Lipinski definition) is 0. The molecule has 0 unspecified atom stereocenters. The highest BCUT2D eigenvalue weighted by atomic mass is 16.5. The Bertz CT molecular complexity index is 316. The van der Waals surface area contributed by atoms with Gasteiger partial charge in [0.2, 0.25) is 0 Å². The molecule has 1 spiro atoms. The van der Waals surface area contributed by atoms with E-state index in [1.54, 1.807) is 0 Å². The Hall–Kier alpha value is -0.570. The van der Waals surface area contributed by atoms with E-state index in [2.05, 4.69) is 25.7 Å². The molecular weight excluding hydrogens is 238 g/mol. The maximum atomic E-state index is 11.5. The molecule has 3 heteroatoms. The van der Waals surface area contributed by atoms with Crippen molar-refractivity contribution < 1.29 is 9.53 Å². The number of carbonyl (C=O) groups is 1. The monoisotopic (exact) mass is 267 g/mol. The fraction of sp³-hybridized carbons (Fsp3) is 0.938. The molecular formula is C16H29NO2. The molecule has 0 aromatic heterocycles. The standard InChI is InChI=1S/C16H29NO2/c1-5-19-14(18)12-17-8-6-16(7-9-17)10-13(11-16)15(2,3)4/h13H,5-12H2,1-4H3. The molecule has 2 rings (SSSR count). The van der Waals surface area contributed by atoms with Crippen LogP contribution in [0.2, 0.25) is 0 Å². The summed E-state index contributed by atoms with van der Waals surface area (Å²) in [5.74, 6) is 0.823. The van der Waals surface area contributed by atoms with Gasteiger partial charge < -0.3 is 4.74 Å². The van der Waals surface area contributed by atoms with Crippen molar-refractivity contribution in [2.24, 2.45) is 16.7 Å². The second-order valence-corrected chi connectivity index (χ2v) is 7.55. The van der Waals surface area contributed by atoms with E-state index >= 15 is 0 Å². The van der Waals surface area contributed by atoms with Crippen molar-refractivity contribution in [3.63, 3.8) is 0 Å². The fourth-order valence-corrected chi connectivity index (χ4v) is 3.58. The first-order valence-electron chi connectivity index (χ1n) is 7.73. The summed E-state index contributed by atoms with van der Waals surface area (Å²) in [5.41, 5.74) is 1.07. The quantitative estimate of drug-likeness (QED) is 0.736. The average molecular weight is 267 g/mol. The van der Waals surface area contributed by atoms with Gasteiger partial charge in [0.15, 0.2) is 0 Å². The van der Waals surface area contributed by atoms with Gasteiger partial charge >= 0.3 is 5.97 Å². The van der Waals surface area contributed by atoms with E-state index in [1.807, 2.05) is 6.92 Å². The molecule has 2 fully saturated rings. The normalized spacial score (nSPS) is 24.2. The summed E-state index contributed by atoms with van der Waals surface area (Å²) in [6.45, 7) is 12.0. The predicted molar refractivity (Wildman–Crippen MR) is 76.9 cm³/mol. The van der Waals surface area contributed by atoms with E-state index < -0.39 is 0 Å². The highest BCUT2D eigenvalue weighted by molar-refractivity contribution is 5.71. The first kappa shape index (κ1) is 14.8. The second kappa shape index (κ2) is 5.43. The predicted octanol–water partition coefficient (Wildman–Crippen LogP) is 3.09. The van der Waals surface area contributed by atoms with Crippen LogP contribution in [0.25, 0.3) is 0 Å². The molecule has 0 bridgehead atoms. The van der Waals surface area contributed by atoms with Crippen molar-refractivity contribution in [1.82, 2.24) is 4.90 Å². The Labute approximate surface area is 117 Å². The van der Waals surface area contributed by atoms with Crippen LogP contribution in [0.4, 0.5) is 0 Å². The van der Waals surface area contributed by atoms with Crippen LogP contribution in [0.1, 0.15) is 53.4 Å². The van der Waals surface area contributed by atoms with Gasteiger partial charge in [0.1, 0.15) is 0 Å². The van der Waals surface area contributed by atoms with Crippen molar-refractivity contribution in [1.29, 1.82) is 0 Å². The van der Waals surface area contributed by atoms with E-state index in [9.17, 15) is 4.79 Å². The van der Waals surface area contributed by atoms with Crippen molar-refractivity contribution in [2.45, 2.75) is 53.4 Å². The van der Waals surface area contributed by atoms with Crippen LogP contribution in [0.5, 0.6) is 0 Å². The average Bonchev–Trinajstić information content (AvgIpc) is 2.26. The smallest absolute Gasteiger partial charge is 0.320 e. The van der Waals surface area contributed by atoms with Crippen molar-refractivity contribution in [2.75, 3.05) is 26.2 Å². The Kier molecular flexibility index (Phi) is 4.24. The largest absolute Gasteiger partial charge is 0.465 e. The highest BCUT2D eigenvalue weighted by Gasteiger charge is 2.49. The third-order valence-corrected chi connectivity index (χ3v) is 5.16. The molecule has 0 aromatic carbocycles. The van der Waals surface area contributed by atoms with Crippen LogP contribution in [-0.4, -0.2) is 37.1 Å². The Morgan fingerprint density at radius 3 is 2.32 bits per heavy atom. The van der Waals surface area contributed by atoms with E-state index in [0.717, 1.165) is 19.0 Å². The van der Waals surface area contributed by atoms with Crippen LogP contribution in [-0.2, 0) is 9.53 Å². The summed E-state index contributed by atoms with van der Waals surface area (Å²) in [6.07, 6.45) is 5.31. The van der Waals surface area contributed by atoms with Crippen LogP contribution < -0.4 is 0 Å². The topological polar surface area (TPSA) is 29.5 Å². The molecule has 0 amide bonds. The van der Waals surface area contributed by atoms with Crippen LogP contribution >= 0.6 is 0 Å². The van der Waals surface area contributed by atoms with Gasteiger partial charge in [0.05, 0.1) is 13.2 Å². The molecule has 1 aliphatic carbocycles. The van der Waals surface area contributed by atoms with Gasteiger partial charge in [-0.15, -0.1) is 0 Å². The number of carbonyl (C=O) groups excluding carboxylic acids is 1. The summed E-state index contributed by atoms with van der Waals surface area (Å²) >= 11 is 0. The van der Waals surface area contributed by atoms with E-state index in [-0.39, 0.29) is 5.97 Å². The van der Waals surface area contributed by atoms with Crippen molar-refractivity contribution in [3.05, 3.63) is 0 Å². The Morgan fingerprint density at radius 2 is 1.84 bits per heavy atom. The molecule has 19 heavy (non-hydrogen) atoms. The summed E-state index contributed by atoms with van der Waals surface area (Å²) in [5, 5.41) is 0. The molecule has 3 nitrogen and oxygen atoms in total. The minimum Gasteiger partial charge on any atom is -0.465 e. The first-order chi connectivity index (χ1) is 8.85. The van der Waals surface area contributed by atoms with Gasteiger partial charge in [-0.1, -0.05) is 20.8 Å². The number of likely N-dealkylation sites (tertiary alicyclic amines) is 1. The molecule has 110 valence electrons. The summed E-state index contributed by atoms with van der Waals surface area (Å²) in [4.78, 5) is 13.7. The molecule has 0 aromatic rings. The van der Waals surface area contributed by atoms with Gasteiger partial charge in [0, 0.05) is 0 Å². The second-order valence-electron chi connectivity index (χ2n) is 7.55. The lowest BCUT2D eigenvalue weighted by Gasteiger charge is -2.56. The highest BCUT2D eigenvalue weighted by Crippen LogP contribution is 2.57. The minimum atomic E-state index is -0.0698. The summed E-state index contributed by atoms with van der Waals surface area (Å²) in [6, 6.07) is 0. The number of piperidine rings is 1. The number of ether oxygens (including phenoxy) is 1. The molecule has 2 aliphatic rings. The van der Waals surface area contributed by atoms with Gasteiger partial charge in [-0.25, -0.2) is 0 Å². The number of nitrogens with zero attached hydrogens (tertiary/aromatic N) is 1. The van der Waals surface area contributed by atoms with Crippen LogP contribution in [0.15, 0.2) is 0 Å². The zero-order chi connectivity index (χ0) is 14.1. The Morgan fingerprint density at radius 1 is 1.26 bits per heavy atom. The molecule has 1 saturated carbocycles. The van der Waals surface area contributed by atoms with Gasteiger partial charge in [-0.2, -0.15) is 0 Å². The number of esters is 1. The zero-order valence-electron chi connectivity index (χ0n) is 13.0. The third kappa shape index (κ3) is 3.50. The zero-order valence-corrected chi connectivity index (χ0v) is 13.0. The fourth-order valence-electron chi connectivity index (χ4n) is 3.58. The van der Waals surface area contributed by atoms with Crippen molar-refractivity contribution in [3.8, 4) is 0 Å².